The molecule has 4 aromatic rings. The predicted molar refractivity (Wildman–Crippen MR) is 146 cm³/mol. The minimum Gasteiger partial charge on any atom is -0.292 e. The largest absolute Gasteiger partial charge is 0.292 e. The van der Waals surface area contributed by atoms with Gasteiger partial charge in [0.15, 0.2) is 5.82 Å². The fourth-order valence-electron chi connectivity index (χ4n) is 5.66. The average Bonchev–Trinajstić information content (AvgIpc) is 3.54. The molecule has 2 aromatic heterocycles. The van der Waals surface area contributed by atoms with E-state index in [-0.39, 0.29) is 5.91 Å². The number of aromatic nitrogens is 4. The fraction of sp³-hybridized carbons (Fsp3) is 0.355. The van der Waals surface area contributed by atoms with Gasteiger partial charge in [-0.2, -0.15) is 5.10 Å². The molecule has 0 atom stereocenters. The number of carbonyl (C=O) groups is 1. The van der Waals surface area contributed by atoms with Gasteiger partial charge in [0.1, 0.15) is 5.82 Å². The molecule has 1 aliphatic carbocycles. The second kappa shape index (κ2) is 9.92. The van der Waals surface area contributed by atoms with E-state index < -0.39 is 0 Å². The number of benzene rings is 2. The third kappa shape index (κ3) is 4.68. The molecule has 1 aliphatic heterocycles. The molecule has 37 heavy (non-hydrogen) atoms. The molecule has 188 valence electrons. The van der Waals surface area contributed by atoms with Crippen molar-refractivity contribution < 1.29 is 4.79 Å². The van der Waals surface area contributed by atoms with Crippen molar-refractivity contribution in [2.75, 3.05) is 4.90 Å². The Kier molecular flexibility index (Phi) is 6.33. The topological polar surface area (TPSA) is 63.9 Å². The zero-order valence-corrected chi connectivity index (χ0v) is 21.6. The normalized spacial score (nSPS) is 16.0. The molecular weight excluding hydrogens is 458 g/mol. The Morgan fingerprint density at radius 2 is 1.76 bits per heavy atom. The Morgan fingerprint density at radius 3 is 2.54 bits per heavy atom. The summed E-state index contributed by atoms with van der Waals surface area (Å²) in [7, 11) is 0. The Hall–Kier alpha value is -3.80. The van der Waals surface area contributed by atoms with Crippen molar-refractivity contribution in [1.29, 1.82) is 0 Å². The lowest BCUT2D eigenvalue weighted by atomic mass is 9.87. The molecule has 6 rings (SSSR count). The number of hydrogen-bond acceptors (Lipinski definition) is 4. The first-order chi connectivity index (χ1) is 18.1. The molecule has 0 N–H and O–H groups in total. The molecular formula is C31H33N5O. The lowest BCUT2D eigenvalue weighted by Gasteiger charge is -2.19. The molecule has 2 aliphatic rings. The van der Waals surface area contributed by atoms with E-state index in [1.165, 1.54) is 43.4 Å². The molecule has 1 saturated carbocycles. The number of rotatable bonds is 6. The monoisotopic (exact) mass is 491 g/mol. The van der Waals surface area contributed by atoms with Crippen LogP contribution in [0.5, 0.6) is 0 Å². The van der Waals surface area contributed by atoms with E-state index in [0.29, 0.717) is 30.6 Å². The quantitative estimate of drug-likeness (QED) is 0.305. The zero-order valence-electron chi connectivity index (χ0n) is 21.6. The summed E-state index contributed by atoms with van der Waals surface area (Å²) < 4.78 is 1.97. The summed E-state index contributed by atoms with van der Waals surface area (Å²) in [6.45, 7) is 4.83. The van der Waals surface area contributed by atoms with Gasteiger partial charge in [-0.25, -0.2) is 14.6 Å². The minimum absolute atomic E-state index is 0.0619. The van der Waals surface area contributed by atoms with Crippen molar-refractivity contribution >= 4 is 11.7 Å². The Morgan fingerprint density at radius 1 is 0.973 bits per heavy atom. The highest BCUT2D eigenvalue weighted by Crippen LogP contribution is 2.33. The smallest absolute Gasteiger partial charge is 0.233 e. The van der Waals surface area contributed by atoms with Gasteiger partial charge in [-0.05, 0) is 48.1 Å². The first-order valence-electron chi connectivity index (χ1n) is 13.5. The molecule has 3 heterocycles. The van der Waals surface area contributed by atoms with Crippen molar-refractivity contribution in [3.8, 4) is 17.1 Å². The number of anilines is 1. The van der Waals surface area contributed by atoms with Crippen LogP contribution in [0, 0.1) is 0 Å². The van der Waals surface area contributed by atoms with Gasteiger partial charge in [0.2, 0.25) is 5.91 Å². The maximum absolute atomic E-state index is 12.9. The van der Waals surface area contributed by atoms with Crippen LogP contribution in [0.15, 0.2) is 67.0 Å². The highest BCUT2D eigenvalue weighted by molar-refractivity contribution is 6.00. The summed E-state index contributed by atoms with van der Waals surface area (Å²) in [4.78, 5) is 24.2. The third-order valence-electron chi connectivity index (χ3n) is 7.74. The van der Waals surface area contributed by atoms with Gasteiger partial charge in [-0.15, -0.1) is 0 Å². The van der Waals surface area contributed by atoms with E-state index in [4.69, 9.17) is 10.1 Å². The van der Waals surface area contributed by atoms with Gasteiger partial charge in [-0.3, -0.25) is 9.69 Å². The summed E-state index contributed by atoms with van der Waals surface area (Å²) in [5.41, 5.74) is 6.42. The lowest BCUT2D eigenvalue weighted by molar-refractivity contribution is -0.117. The van der Waals surface area contributed by atoms with Crippen LogP contribution in [0.25, 0.3) is 17.1 Å². The van der Waals surface area contributed by atoms with Gasteiger partial charge in [-0.1, -0.05) is 69.5 Å². The summed E-state index contributed by atoms with van der Waals surface area (Å²) >= 11 is 0. The van der Waals surface area contributed by atoms with Crippen LogP contribution in [0.1, 0.15) is 80.2 Å². The van der Waals surface area contributed by atoms with Crippen molar-refractivity contribution in [2.45, 2.75) is 70.8 Å². The van der Waals surface area contributed by atoms with E-state index in [1.807, 2.05) is 23.0 Å². The summed E-state index contributed by atoms with van der Waals surface area (Å²) in [6.07, 6.45) is 10.7. The Labute approximate surface area is 218 Å². The van der Waals surface area contributed by atoms with E-state index in [1.54, 1.807) is 4.90 Å². The Bertz CT molecular complexity index is 1420. The van der Waals surface area contributed by atoms with Gasteiger partial charge in [0, 0.05) is 29.4 Å². The lowest BCUT2D eigenvalue weighted by Crippen LogP contribution is -2.26. The van der Waals surface area contributed by atoms with Crippen LogP contribution in [-0.2, 0) is 17.8 Å². The second-order valence-electron chi connectivity index (χ2n) is 10.6. The molecule has 0 radical (unpaired) electrons. The molecule has 0 unspecified atom stereocenters. The number of carbonyl (C=O) groups excluding carboxylic acids is 1. The van der Waals surface area contributed by atoms with Gasteiger partial charge < -0.3 is 0 Å². The van der Waals surface area contributed by atoms with Crippen molar-refractivity contribution in [2.24, 2.45) is 0 Å². The summed E-state index contributed by atoms with van der Waals surface area (Å²) in [5.74, 6) is 2.41. The van der Waals surface area contributed by atoms with Crippen LogP contribution in [0.4, 0.5) is 5.82 Å². The predicted octanol–water partition coefficient (Wildman–Crippen LogP) is 6.59. The molecule has 0 saturated heterocycles. The molecule has 1 amide bonds. The molecule has 6 heteroatoms. The number of nitrogens with zero attached hydrogens (tertiary/aromatic N) is 5. The van der Waals surface area contributed by atoms with Crippen molar-refractivity contribution in [3.05, 3.63) is 89.4 Å². The zero-order chi connectivity index (χ0) is 25.4. The standard InChI is InChI=1S/C31H33N5O/c1-21(2)26-10-6-7-11-27(26)30-32-19-24-18-29(37)35(31(24)33-30)20-22-12-14-25(15-13-22)36-17-16-28(34-36)23-8-4-3-5-9-23/h6-7,10-17,19,21,23H,3-5,8-9,18,20H2,1-2H3. The van der Waals surface area contributed by atoms with Gasteiger partial charge in [0.05, 0.1) is 24.3 Å². The maximum Gasteiger partial charge on any atom is 0.233 e. The van der Waals surface area contributed by atoms with Crippen molar-refractivity contribution in [3.63, 3.8) is 0 Å². The number of fused-ring (bicyclic) bond motifs is 1. The van der Waals surface area contributed by atoms with Crippen LogP contribution < -0.4 is 4.90 Å². The molecule has 0 spiro atoms. The first-order valence-corrected chi connectivity index (χ1v) is 13.5. The second-order valence-corrected chi connectivity index (χ2v) is 10.6. The maximum atomic E-state index is 12.9. The molecule has 2 aromatic carbocycles. The number of amides is 1. The number of hydrogen-bond donors (Lipinski definition) is 0. The van der Waals surface area contributed by atoms with E-state index in [2.05, 4.69) is 67.5 Å². The highest BCUT2D eigenvalue weighted by atomic mass is 16.2. The Balaban J connectivity index is 1.22. The van der Waals surface area contributed by atoms with Crippen LogP contribution in [0.3, 0.4) is 0 Å². The molecule has 0 bridgehead atoms. The van der Waals surface area contributed by atoms with Crippen LogP contribution in [-0.4, -0.2) is 25.7 Å². The van der Waals surface area contributed by atoms with E-state index >= 15 is 0 Å². The van der Waals surface area contributed by atoms with E-state index in [0.717, 1.165) is 28.2 Å². The third-order valence-corrected chi connectivity index (χ3v) is 7.74. The van der Waals surface area contributed by atoms with Crippen molar-refractivity contribution in [1.82, 2.24) is 19.7 Å². The summed E-state index contributed by atoms with van der Waals surface area (Å²) in [5, 5.41) is 4.87. The van der Waals surface area contributed by atoms with Gasteiger partial charge in [0.25, 0.3) is 0 Å². The average molecular weight is 492 g/mol. The molecule has 6 nitrogen and oxygen atoms in total. The first kappa shape index (κ1) is 23.6. The minimum atomic E-state index is 0.0619. The summed E-state index contributed by atoms with van der Waals surface area (Å²) in [6, 6.07) is 18.7. The highest BCUT2D eigenvalue weighted by Gasteiger charge is 2.30. The van der Waals surface area contributed by atoms with Crippen LogP contribution >= 0.6 is 0 Å². The van der Waals surface area contributed by atoms with Crippen LogP contribution in [0.2, 0.25) is 0 Å². The molecule has 1 fully saturated rings. The van der Waals surface area contributed by atoms with E-state index in [9.17, 15) is 4.79 Å². The van der Waals surface area contributed by atoms with Gasteiger partial charge >= 0.3 is 0 Å². The fourth-order valence-corrected chi connectivity index (χ4v) is 5.66. The SMILES string of the molecule is CC(C)c1ccccc1-c1ncc2c(n1)N(Cc1ccc(-n3ccc(C4CCCCC4)n3)cc1)C(=O)C2.